The first-order chi connectivity index (χ1) is 6.83. The van der Waals surface area contributed by atoms with E-state index in [1.54, 1.807) is 7.11 Å². The van der Waals surface area contributed by atoms with Crippen LogP contribution in [0.25, 0.3) is 0 Å². The van der Waals surface area contributed by atoms with Crippen LogP contribution in [0.5, 0.6) is 0 Å². The van der Waals surface area contributed by atoms with Crippen molar-refractivity contribution in [1.82, 2.24) is 5.32 Å². The van der Waals surface area contributed by atoms with Gasteiger partial charge in [0.25, 0.3) is 0 Å². The maximum Gasteiger partial charge on any atom is 0.0499 e. The summed E-state index contributed by atoms with van der Waals surface area (Å²) < 4.78 is 5.07. The highest BCUT2D eigenvalue weighted by molar-refractivity contribution is 5.14. The van der Waals surface area contributed by atoms with E-state index >= 15 is 0 Å². The monoisotopic (exact) mass is 193 g/mol. The molecule has 14 heavy (non-hydrogen) atoms. The minimum absolute atomic E-state index is 0.573. The van der Waals surface area contributed by atoms with Gasteiger partial charge in [-0.05, 0) is 11.5 Å². The molecule has 1 N–H and O–H groups in total. The lowest BCUT2D eigenvalue weighted by Crippen LogP contribution is -2.23. The third kappa shape index (κ3) is 4.40. The first-order valence-electron chi connectivity index (χ1n) is 5.06. The van der Waals surface area contributed by atoms with Gasteiger partial charge in [0, 0.05) is 26.8 Å². The molecule has 1 rings (SSSR count). The van der Waals surface area contributed by atoms with E-state index in [9.17, 15) is 0 Å². The zero-order chi connectivity index (χ0) is 10.2. The van der Waals surface area contributed by atoms with Crippen LogP contribution >= 0.6 is 0 Å². The summed E-state index contributed by atoms with van der Waals surface area (Å²) in [6.45, 7) is 4.95. The Morgan fingerprint density at radius 3 is 2.64 bits per heavy atom. The molecule has 0 bridgehead atoms. The third-order valence-corrected chi connectivity index (χ3v) is 2.12. The van der Waals surface area contributed by atoms with Gasteiger partial charge in [-0.3, -0.25) is 0 Å². The molecule has 0 amide bonds. The fourth-order valence-electron chi connectivity index (χ4n) is 1.40. The molecule has 1 aromatic rings. The molecule has 1 unspecified atom stereocenters. The Hall–Kier alpha value is -0.860. The van der Waals surface area contributed by atoms with E-state index in [1.807, 2.05) is 6.07 Å². The molecule has 0 heterocycles. The van der Waals surface area contributed by atoms with Gasteiger partial charge in [0.15, 0.2) is 0 Å². The molecular formula is C12H19NO. The summed E-state index contributed by atoms with van der Waals surface area (Å²) in [4.78, 5) is 0. The Balaban J connectivity index is 2.16. The Morgan fingerprint density at radius 2 is 2.00 bits per heavy atom. The third-order valence-electron chi connectivity index (χ3n) is 2.12. The normalized spacial score (nSPS) is 12.7. The van der Waals surface area contributed by atoms with E-state index in [1.165, 1.54) is 5.56 Å². The number of nitrogens with one attached hydrogen (secondary N) is 1. The largest absolute Gasteiger partial charge is 0.384 e. The molecular weight excluding hydrogens is 174 g/mol. The van der Waals surface area contributed by atoms with E-state index in [2.05, 4.69) is 36.5 Å². The molecule has 0 aliphatic heterocycles. The Morgan fingerprint density at radius 1 is 1.29 bits per heavy atom. The van der Waals surface area contributed by atoms with Gasteiger partial charge in [-0.25, -0.2) is 0 Å². The predicted octanol–water partition coefficient (Wildman–Crippen LogP) is 2.06. The molecule has 0 fully saturated rings. The first kappa shape index (κ1) is 11.2. The van der Waals surface area contributed by atoms with Crippen molar-refractivity contribution in [1.29, 1.82) is 0 Å². The van der Waals surface area contributed by atoms with E-state index in [-0.39, 0.29) is 0 Å². The lowest BCUT2D eigenvalue weighted by atomic mass is 10.2. The smallest absolute Gasteiger partial charge is 0.0499 e. The Kier molecular flexibility index (Phi) is 5.27. The Bertz CT molecular complexity index is 235. The van der Waals surface area contributed by atoms with Crippen molar-refractivity contribution < 1.29 is 4.74 Å². The van der Waals surface area contributed by atoms with E-state index in [0.29, 0.717) is 5.92 Å². The molecule has 0 aliphatic rings. The highest BCUT2D eigenvalue weighted by Crippen LogP contribution is 1.98. The van der Waals surface area contributed by atoms with Crippen LogP contribution in [0.2, 0.25) is 0 Å². The zero-order valence-electron chi connectivity index (χ0n) is 8.99. The molecule has 1 aromatic carbocycles. The lowest BCUT2D eigenvalue weighted by molar-refractivity contribution is 0.158. The number of methoxy groups -OCH3 is 1. The molecule has 0 saturated heterocycles. The standard InChI is InChI=1S/C12H19NO/c1-11(10-14-2)8-13-9-12-6-4-3-5-7-12/h3-7,11,13H,8-10H2,1-2H3. The summed E-state index contributed by atoms with van der Waals surface area (Å²) in [6.07, 6.45) is 0. The fraction of sp³-hybridized carbons (Fsp3) is 0.500. The minimum atomic E-state index is 0.573. The summed E-state index contributed by atoms with van der Waals surface area (Å²) in [7, 11) is 1.74. The van der Waals surface area contributed by atoms with Gasteiger partial charge >= 0.3 is 0 Å². The lowest BCUT2D eigenvalue weighted by Gasteiger charge is -2.11. The topological polar surface area (TPSA) is 21.3 Å². The van der Waals surface area contributed by atoms with Crippen LogP contribution in [0.1, 0.15) is 12.5 Å². The number of benzene rings is 1. The van der Waals surface area contributed by atoms with Crippen molar-refractivity contribution in [3.63, 3.8) is 0 Å². The van der Waals surface area contributed by atoms with Crippen LogP contribution in [-0.4, -0.2) is 20.3 Å². The summed E-state index contributed by atoms with van der Waals surface area (Å²) in [5, 5.41) is 3.41. The van der Waals surface area contributed by atoms with E-state index in [0.717, 1.165) is 19.7 Å². The van der Waals surface area contributed by atoms with Crippen LogP contribution < -0.4 is 5.32 Å². The van der Waals surface area contributed by atoms with Gasteiger partial charge in [-0.1, -0.05) is 37.3 Å². The maximum absolute atomic E-state index is 5.07. The second kappa shape index (κ2) is 6.57. The quantitative estimate of drug-likeness (QED) is 0.746. The molecule has 0 spiro atoms. The summed E-state index contributed by atoms with van der Waals surface area (Å²) >= 11 is 0. The highest BCUT2D eigenvalue weighted by Gasteiger charge is 1.99. The molecule has 2 heteroatoms. The fourth-order valence-corrected chi connectivity index (χ4v) is 1.40. The van der Waals surface area contributed by atoms with Crippen molar-refractivity contribution in [2.45, 2.75) is 13.5 Å². The van der Waals surface area contributed by atoms with Gasteiger partial charge in [0.1, 0.15) is 0 Å². The molecule has 0 saturated carbocycles. The predicted molar refractivity (Wildman–Crippen MR) is 59.2 cm³/mol. The maximum atomic E-state index is 5.07. The number of hydrogen-bond donors (Lipinski definition) is 1. The average molecular weight is 193 g/mol. The molecule has 0 aromatic heterocycles. The summed E-state index contributed by atoms with van der Waals surface area (Å²) in [6, 6.07) is 10.4. The Labute approximate surface area is 86.3 Å². The van der Waals surface area contributed by atoms with Gasteiger partial charge < -0.3 is 10.1 Å². The second-order valence-electron chi connectivity index (χ2n) is 3.68. The van der Waals surface area contributed by atoms with Crippen molar-refractivity contribution in [2.24, 2.45) is 5.92 Å². The van der Waals surface area contributed by atoms with Crippen LogP contribution in [0.15, 0.2) is 30.3 Å². The van der Waals surface area contributed by atoms with E-state index < -0.39 is 0 Å². The van der Waals surface area contributed by atoms with Gasteiger partial charge in [-0.15, -0.1) is 0 Å². The molecule has 2 nitrogen and oxygen atoms in total. The number of hydrogen-bond acceptors (Lipinski definition) is 2. The second-order valence-corrected chi connectivity index (χ2v) is 3.68. The van der Waals surface area contributed by atoms with Crippen molar-refractivity contribution in [2.75, 3.05) is 20.3 Å². The summed E-state index contributed by atoms with van der Waals surface area (Å²) in [5.74, 6) is 0.573. The SMILES string of the molecule is COCC(C)CNCc1ccccc1. The molecule has 78 valence electrons. The molecule has 0 aliphatic carbocycles. The van der Waals surface area contributed by atoms with Crippen molar-refractivity contribution in [3.8, 4) is 0 Å². The van der Waals surface area contributed by atoms with Gasteiger partial charge in [0.2, 0.25) is 0 Å². The van der Waals surface area contributed by atoms with Gasteiger partial charge in [-0.2, -0.15) is 0 Å². The van der Waals surface area contributed by atoms with Gasteiger partial charge in [0.05, 0.1) is 0 Å². The molecule has 0 radical (unpaired) electrons. The van der Waals surface area contributed by atoms with Crippen molar-refractivity contribution >= 4 is 0 Å². The first-order valence-corrected chi connectivity index (χ1v) is 5.06. The van der Waals surface area contributed by atoms with Crippen LogP contribution in [0.3, 0.4) is 0 Å². The molecule has 1 atom stereocenters. The average Bonchev–Trinajstić information content (AvgIpc) is 2.20. The van der Waals surface area contributed by atoms with Crippen LogP contribution in [-0.2, 0) is 11.3 Å². The minimum Gasteiger partial charge on any atom is -0.384 e. The van der Waals surface area contributed by atoms with Crippen LogP contribution in [0.4, 0.5) is 0 Å². The summed E-state index contributed by atoms with van der Waals surface area (Å²) in [5.41, 5.74) is 1.33. The zero-order valence-corrected chi connectivity index (χ0v) is 8.99. The van der Waals surface area contributed by atoms with Crippen LogP contribution in [0, 0.1) is 5.92 Å². The number of ether oxygens (including phenoxy) is 1. The van der Waals surface area contributed by atoms with E-state index in [4.69, 9.17) is 4.74 Å². The van der Waals surface area contributed by atoms with Crippen molar-refractivity contribution in [3.05, 3.63) is 35.9 Å². The highest BCUT2D eigenvalue weighted by atomic mass is 16.5. The number of rotatable bonds is 6.